The van der Waals surface area contributed by atoms with Gasteiger partial charge in [0.2, 0.25) is 0 Å². The van der Waals surface area contributed by atoms with E-state index < -0.39 is 0 Å². The minimum Gasteiger partial charge on any atom is -0.369 e. The number of Topliss-reactive ketones (excluding diaryl/α,β-unsaturated/α-hetero) is 1. The zero-order chi connectivity index (χ0) is 19.0. The van der Waals surface area contributed by atoms with Crippen LogP contribution >= 0.6 is 0 Å². The number of nitrogens with one attached hydrogen (secondary N) is 1. The van der Waals surface area contributed by atoms with Gasteiger partial charge >= 0.3 is 0 Å². The maximum absolute atomic E-state index is 13.3. The first-order valence-electron chi connectivity index (χ1n) is 9.72. The summed E-state index contributed by atoms with van der Waals surface area (Å²) < 4.78 is 0. The maximum Gasteiger partial charge on any atom is 0.182 e. The van der Waals surface area contributed by atoms with Gasteiger partial charge in [0.15, 0.2) is 5.78 Å². The van der Waals surface area contributed by atoms with Crippen LogP contribution in [0.15, 0.2) is 48.5 Å². The van der Waals surface area contributed by atoms with Crippen molar-refractivity contribution < 1.29 is 4.79 Å². The number of hydrogen-bond acceptors (Lipinski definition) is 3. The lowest BCUT2D eigenvalue weighted by Crippen LogP contribution is -2.51. The van der Waals surface area contributed by atoms with Gasteiger partial charge < -0.3 is 9.88 Å². The molecule has 1 atom stereocenters. The van der Waals surface area contributed by atoms with Crippen molar-refractivity contribution in [1.29, 1.82) is 0 Å². The van der Waals surface area contributed by atoms with E-state index in [-0.39, 0.29) is 11.8 Å². The van der Waals surface area contributed by atoms with Crippen molar-refractivity contribution in [2.75, 3.05) is 31.1 Å². The zero-order valence-electron chi connectivity index (χ0n) is 16.3. The van der Waals surface area contributed by atoms with Crippen molar-refractivity contribution in [1.82, 2.24) is 9.88 Å². The number of aromatic amines is 1. The third-order valence-corrected chi connectivity index (χ3v) is 5.75. The molecule has 1 saturated heterocycles. The predicted molar refractivity (Wildman–Crippen MR) is 112 cm³/mol. The number of H-pyrrole nitrogens is 1. The second kappa shape index (κ2) is 7.20. The molecule has 1 aliphatic rings. The molecule has 1 N–H and O–H groups in total. The number of fused-ring (bicyclic) bond motifs is 1. The second-order valence-electron chi connectivity index (χ2n) is 7.57. The van der Waals surface area contributed by atoms with E-state index in [0.717, 1.165) is 48.3 Å². The standard InChI is InChI=1S/C23H27N3O/c1-16-7-6-8-19(15-16)26-13-11-25(12-14-26)18(3)23(27)22-17(2)24-21-10-5-4-9-20(21)22/h4-10,15,18,24H,11-14H2,1-3H3. The van der Waals surface area contributed by atoms with Crippen LogP contribution in [0, 0.1) is 13.8 Å². The van der Waals surface area contributed by atoms with Crippen LogP contribution in [0.5, 0.6) is 0 Å². The van der Waals surface area contributed by atoms with Crippen LogP contribution < -0.4 is 4.90 Å². The number of nitrogens with zero attached hydrogens (tertiary/aromatic N) is 2. The van der Waals surface area contributed by atoms with Crippen molar-refractivity contribution in [2.24, 2.45) is 0 Å². The molecule has 1 fully saturated rings. The number of carbonyl (C=O) groups excluding carboxylic acids is 1. The summed E-state index contributed by atoms with van der Waals surface area (Å²) in [6, 6.07) is 16.6. The van der Waals surface area contributed by atoms with Crippen molar-refractivity contribution in [3.8, 4) is 0 Å². The molecule has 0 bridgehead atoms. The van der Waals surface area contributed by atoms with Crippen LogP contribution in [0.1, 0.15) is 28.5 Å². The van der Waals surface area contributed by atoms with Crippen molar-refractivity contribution in [3.63, 3.8) is 0 Å². The highest BCUT2D eigenvalue weighted by molar-refractivity contribution is 6.11. The van der Waals surface area contributed by atoms with Gasteiger partial charge in [0, 0.05) is 54.0 Å². The number of anilines is 1. The summed E-state index contributed by atoms with van der Waals surface area (Å²) >= 11 is 0. The number of aryl methyl sites for hydroxylation is 2. The number of carbonyl (C=O) groups is 1. The monoisotopic (exact) mass is 361 g/mol. The molecule has 140 valence electrons. The van der Waals surface area contributed by atoms with Gasteiger partial charge in [-0.25, -0.2) is 0 Å². The third kappa shape index (κ3) is 3.37. The number of piperazine rings is 1. The Morgan fingerprint density at radius 3 is 2.48 bits per heavy atom. The number of benzene rings is 2. The minimum atomic E-state index is -0.109. The Labute approximate surface area is 160 Å². The fraction of sp³-hybridized carbons (Fsp3) is 0.348. The third-order valence-electron chi connectivity index (χ3n) is 5.75. The van der Waals surface area contributed by atoms with Gasteiger partial charge in [-0.2, -0.15) is 0 Å². The number of rotatable bonds is 4. The highest BCUT2D eigenvalue weighted by Gasteiger charge is 2.28. The number of ketones is 1. The number of aromatic nitrogens is 1. The number of para-hydroxylation sites is 1. The second-order valence-corrected chi connectivity index (χ2v) is 7.57. The van der Waals surface area contributed by atoms with Crippen LogP contribution in [0.2, 0.25) is 0 Å². The summed E-state index contributed by atoms with van der Waals surface area (Å²) in [7, 11) is 0. The predicted octanol–water partition coefficient (Wildman–Crippen LogP) is 4.18. The van der Waals surface area contributed by atoms with Crippen LogP contribution in [0.3, 0.4) is 0 Å². The fourth-order valence-corrected chi connectivity index (χ4v) is 4.16. The van der Waals surface area contributed by atoms with Crippen LogP contribution in [-0.4, -0.2) is 47.9 Å². The van der Waals surface area contributed by atoms with E-state index in [0.29, 0.717) is 0 Å². The maximum atomic E-state index is 13.3. The Bertz CT molecular complexity index is 967. The van der Waals surface area contributed by atoms with E-state index in [1.165, 1.54) is 11.3 Å². The molecular weight excluding hydrogens is 334 g/mol. The van der Waals surface area contributed by atoms with Gasteiger partial charge in [0.25, 0.3) is 0 Å². The first kappa shape index (κ1) is 17.8. The van der Waals surface area contributed by atoms with Crippen LogP contribution in [0.25, 0.3) is 10.9 Å². The topological polar surface area (TPSA) is 39.3 Å². The van der Waals surface area contributed by atoms with Crippen LogP contribution in [0.4, 0.5) is 5.69 Å². The first-order valence-corrected chi connectivity index (χ1v) is 9.72. The van der Waals surface area contributed by atoms with E-state index in [1.807, 2.05) is 38.1 Å². The van der Waals surface area contributed by atoms with E-state index in [2.05, 4.69) is 46.0 Å². The van der Waals surface area contributed by atoms with Gasteiger partial charge in [-0.1, -0.05) is 30.3 Å². The molecule has 4 nitrogen and oxygen atoms in total. The Kier molecular flexibility index (Phi) is 4.75. The normalized spacial score (nSPS) is 16.6. The summed E-state index contributed by atoms with van der Waals surface area (Å²) in [6.45, 7) is 9.89. The fourth-order valence-electron chi connectivity index (χ4n) is 4.16. The lowest BCUT2D eigenvalue weighted by atomic mass is 10.0. The van der Waals surface area contributed by atoms with E-state index >= 15 is 0 Å². The lowest BCUT2D eigenvalue weighted by Gasteiger charge is -2.38. The Morgan fingerprint density at radius 2 is 1.74 bits per heavy atom. The van der Waals surface area contributed by atoms with Crippen molar-refractivity contribution >= 4 is 22.4 Å². The highest BCUT2D eigenvalue weighted by atomic mass is 16.1. The van der Waals surface area contributed by atoms with Gasteiger partial charge in [0.05, 0.1) is 6.04 Å². The minimum absolute atomic E-state index is 0.109. The highest BCUT2D eigenvalue weighted by Crippen LogP contribution is 2.25. The van der Waals surface area contributed by atoms with E-state index in [4.69, 9.17) is 0 Å². The molecule has 1 aromatic heterocycles. The molecule has 0 spiro atoms. The summed E-state index contributed by atoms with van der Waals surface area (Å²) in [4.78, 5) is 21.3. The zero-order valence-corrected chi connectivity index (χ0v) is 16.3. The van der Waals surface area contributed by atoms with Crippen molar-refractivity contribution in [2.45, 2.75) is 26.8 Å². The van der Waals surface area contributed by atoms with Gasteiger partial charge in [-0.05, 0) is 44.5 Å². The van der Waals surface area contributed by atoms with Crippen molar-refractivity contribution in [3.05, 3.63) is 65.4 Å². The molecule has 1 aliphatic heterocycles. The number of hydrogen-bond donors (Lipinski definition) is 1. The summed E-state index contributed by atoms with van der Waals surface area (Å²) in [6.07, 6.45) is 0. The quantitative estimate of drug-likeness (QED) is 0.709. The van der Waals surface area contributed by atoms with Gasteiger partial charge in [-0.15, -0.1) is 0 Å². The molecule has 1 unspecified atom stereocenters. The molecule has 0 amide bonds. The van der Waals surface area contributed by atoms with Crippen LogP contribution in [-0.2, 0) is 0 Å². The summed E-state index contributed by atoms with van der Waals surface area (Å²) in [5, 5.41) is 1.03. The average Bonchev–Trinajstić information content (AvgIpc) is 3.02. The summed E-state index contributed by atoms with van der Waals surface area (Å²) in [5.74, 6) is 0.217. The molecule has 4 heteroatoms. The average molecular weight is 361 g/mol. The molecule has 3 aromatic rings. The Balaban J connectivity index is 1.48. The lowest BCUT2D eigenvalue weighted by molar-refractivity contribution is 0.0831. The molecular formula is C23H27N3O. The summed E-state index contributed by atoms with van der Waals surface area (Å²) in [5.41, 5.74) is 5.41. The molecule has 4 rings (SSSR count). The molecule has 27 heavy (non-hydrogen) atoms. The molecule has 2 heterocycles. The van der Waals surface area contributed by atoms with Gasteiger partial charge in [-0.3, -0.25) is 9.69 Å². The Hall–Kier alpha value is -2.59. The molecule has 2 aromatic carbocycles. The Morgan fingerprint density at radius 1 is 1.00 bits per heavy atom. The SMILES string of the molecule is Cc1cccc(N2CCN(C(C)C(=O)c3c(C)[nH]c4ccccc34)CC2)c1. The largest absolute Gasteiger partial charge is 0.369 e. The smallest absolute Gasteiger partial charge is 0.182 e. The van der Waals surface area contributed by atoms with Gasteiger partial charge in [0.1, 0.15) is 0 Å². The van der Waals surface area contributed by atoms with E-state index in [1.54, 1.807) is 0 Å². The molecule has 0 aliphatic carbocycles. The molecule has 0 saturated carbocycles. The first-order chi connectivity index (χ1) is 13.0. The molecule has 0 radical (unpaired) electrons. The van der Waals surface area contributed by atoms with E-state index in [9.17, 15) is 4.79 Å².